The number of nitrogens with zero attached hydrogens (tertiary/aromatic N) is 2. The fourth-order valence-corrected chi connectivity index (χ4v) is 4.79. The van der Waals surface area contributed by atoms with Gasteiger partial charge in [-0.1, -0.05) is 42.5 Å². The molecule has 24 heavy (non-hydrogen) atoms. The molecule has 0 aromatic heterocycles. The van der Waals surface area contributed by atoms with E-state index in [9.17, 15) is 0 Å². The van der Waals surface area contributed by atoms with Gasteiger partial charge in [-0.2, -0.15) is 0 Å². The van der Waals surface area contributed by atoms with Crippen molar-refractivity contribution in [3.8, 4) is 11.1 Å². The Morgan fingerprint density at radius 3 is 2.46 bits per heavy atom. The van der Waals surface area contributed by atoms with Crippen molar-refractivity contribution in [2.75, 3.05) is 16.8 Å². The highest BCUT2D eigenvalue weighted by Gasteiger charge is 2.41. The molecule has 0 saturated heterocycles. The van der Waals surface area contributed by atoms with Crippen LogP contribution in [0.3, 0.4) is 0 Å². The number of fused-ring (bicyclic) bond motifs is 8. The van der Waals surface area contributed by atoms with Gasteiger partial charge in [0.1, 0.15) is 6.17 Å². The molecule has 0 saturated carbocycles. The molecule has 2 aliphatic heterocycles. The Morgan fingerprint density at radius 1 is 0.750 bits per heavy atom. The zero-order chi connectivity index (χ0) is 15.8. The smallest absolute Gasteiger partial charge is 0.110 e. The molecule has 0 N–H and O–H groups in total. The summed E-state index contributed by atoms with van der Waals surface area (Å²) in [5.74, 6) is 0. The van der Waals surface area contributed by atoms with Crippen LogP contribution < -0.4 is 9.80 Å². The molecule has 2 heterocycles. The van der Waals surface area contributed by atoms with E-state index in [2.05, 4.69) is 77.5 Å². The van der Waals surface area contributed by atoms with Crippen molar-refractivity contribution in [1.82, 2.24) is 0 Å². The first-order valence-corrected chi connectivity index (χ1v) is 8.66. The van der Waals surface area contributed by atoms with E-state index in [-0.39, 0.29) is 0 Å². The minimum absolute atomic E-state index is 0.426. The Balaban J connectivity index is 1.57. The third-order valence-corrected chi connectivity index (χ3v) is 5.92. The third kappa shape index (κ3) is 1.42. The monoisotopic (exact) mass is 310 g/mol. The molecular weight excluding hydrogens is 292 g/mol. The molecule has 0 radical (unpaired) electrons. The van der Waals surface area contributed by atoms with Gasteiger partial charge in [-0.05, 0) is 52.4 Å². The lowest BCUT2D eigenvalue weighted by Gasteiger charge is -2.24. The summed E-state index contributed by atoms with van der Waals surface area (Å²) in [7, 11) is 2.22. The second kappa shape index (κ2) is 4.21. The van der Waals surface area contributed by atoms with Gasteiger partial charge in [-0.3, -0.25) is 0 Å². The molecule has 0 fully saturated rings. The van der Waals surface area contributed by atoms with E-state index in [1.54, 1.807) is 0 Å². The van der Waals surface area contributed by atoms with E-state index in [0.29, 0.717) is 6.17 Å². The average Bonchev–Trinajstić information content (AvgIpc) is 3.24. The van der Waals surface area contributed by atoms with Crippen LogP contribution in [0.1, 0.15) is 16.7 Å². The maximum Gasteiger partial charge on any atom is 0.110 e. The quantitative estimate of drug-likeness (QED) is 0.463. The van der Waals surface area contributed by atoms with Crippen LogP contribution in [0.4, 0.5) is 17.1 Å². The topological polar surface area (TPSA) is 6.48 Å². The first kappa shape index (κ1) is 12.7. The molecule has 0 amide bonds. The van der Waals surface area contributed by atoms with Gasteiger partial charge >= 0.3 is 0 Å². The van der Waals surface area contributed by atoms with Crippen LogP contribution >= 0.6 is 0 Å². The van der Waals surface area contributed by atoms with Gasteiger partial charge in [0, 0.05) is 19.2 Å². The number of hydrogen-bond acceptors (Lipinski definition) is 2. The zero-order valence-corrected chi connectivity index (χ0v) is 13.7. The lowest BCUT2D eigenvalue weighted by Crippen LogP contribution is -2.35. The zero-order valence-electron chi connectivity index (χ0n) is 13.7. The number of para-hydroxylation sites is 2. The Hall–Kier alpha value is -2.74. The molecular formula is C22H18N2. The lowest BCUT2D eigenvalue weighted by molar-refractivity contribution is 0.703. The number of benzene rings is 3. The molecule has 2 heteroatoms. The summed E-state index contributed by atoms with van der Waals surface area (Å²) in [5, 5.41) is 0. The molecule has 3 aromatic carbocycles. The molecule has 0 bridgehead atoms. The molecule has 3 aliphatic rings. The normalized spacial score (nSPS) is 19.0. The SMILES string of the molecule is CN1c2ccccc2N2c3cc4c(cc3CC12)Cc1ccccc1-4. The molecule has 2 nitrogen and oxygen atoms in total. The molecule has 0 spiro atoms. The molecule has 1 atom stereocenters. The van der Waals surface area contributed by atoms with Crippen molar-refractivity contribution in [2.45, 2.75) is 19.0 Å². The van der Waals surface area contributed by atoms with Gasteiger partial charge < -0.3 is 9.80 Å². The second-order valence-electron chi connectivity index (χ2n) is 7.13. The average molecular weight is 310 g/mol. The summed E-state index contributed by atoms with van der Waals surface area (Å²) in [5.41, 5.74) is 11.4. The largest absolute Gasteiger partial charge is 0.352 e. The molecule has 1 unspecified atom stereocenters. The van der Waals surface area contributed by atoms with Crippen LogP contribution in [0.5, 0.6) is 0 Å². The van der Waals surface area contributed by atoms with Gasteiger partial charge in [-0.15, -0.1) is 0 Å². The number of hydrogen-bond donors (Lipinski definition) is 0. The number of likely N-dealkylation sites (N-methyl/N-ethyl adjacent to an activating group) is 1. The van der Waals surface area contributed by atoms with Crippen LogP contribution in [0.2, 0.25) is 0 Å². The van der Waals surface area contributed by atoms with E-state index >= 15 is 0 Å². The third-order valence-electron chi connectivity index (χ3n) is 5.92. The standard InChI is InChI=1S/C22H18N2/c1-23-19-8-4-5-9-20(19)24-21-13-18-15(11-16(21)12-22(23)24)10-14-6-2-3-7-17(14)18/h2-9,11,13,22H,10,12H2,1H3. The van der Waals surface area contributed by atoms with Crippen molar-refractivity contribution in [3.63, 3.8) is 0 Å². The van der Waals surface area contributed by atoms with Crippen LogP contribution in [-0.4, -0.2) is 13.2 Å². The van der Waals surface area contributed by atoms with E-state index in [1.165, 1.54) is 44.9 Å². The van der Waals surface area contributed by atoms with E-state index in [4.69, 9.17) is 0 Å². The van der Waals surface area contributed by atoms with E-state index < -0.39 is 0 Å². The fourth-order valence-electron chi connectivity index (χ4n) is 4.79. The Kier molecular flexibility index (Phi) is 2.22. The lowest BCUT2D eigenvalue weighted by atomic mass is 10.0. The van der Waals surface area contributed by atoms with Crippen molar-refractivity contribution >= 4 is 17.1 Å². The van der Waals surface area contributed by atoms with Gasteiger partial charge in [0.15, 0.2) is 0 Å². The minimum Gasteiger partial charge on any atom is -0.352 e. The summed E-state index contributed by atoms with van der Waals surface area (Å²) in [4.78, 5) is 4.96. The van der Waals surface area contributed by atoms with Gasteiger partial charge in [0.25, 0.3) is 0 Å². The predicted octanol–water partition coefficient (Wildman–Crippen LogP) is 4.73. The van der Waals surface area contributed by atoms with E-state index in [0.717, 1.165) is 12.8 Å². The first-order valence-electron chi connectivity index (χ1n) is 8.66. The minimum atomic E-state index is 0.426. The van der Waals surface area contributed by atoms with Gasteiger partial charge in [-0.25, -0.2) is 0 Å². The predicted molar refractivity (Wildman–Crippen MR) is 99.2 cm³/mol. The van der Waals surface area contributed by atoms with Crippen LogP contribution in [0.25, 0.3) is 11.1 Å². The summed E-state index contributed by atoms with van der Waals surface area (Å²) in [6.07, 6.45) is 2.61. The summed E-state index contributed by atoms with van der Waals surface area (Å²) in [6.45, 7) is 0. The van der Waals surface area contributed by atoms with Crippen LogP contribution in [0.15, 0.2) is 60.7 Å². The number of anilines is 3. The molecule has 116 valence electrons. The Bertz CT molecular complexity index is 1000. The maximum absolute atomic E-state index is 2.53. The highest BCUT2D eigenvalue weighted by Crippen LogP contribution is 2.51. The van der Waals surface area contributed by atoms with E-state index in [1.807, 2.05) is 0 Å². The number of rotatable bonds is 0. The highest BCUT2D eigenvalue weighted by atomic mass is 15.4. The van der Waals surface area contributed by atoms with Gasteiger partial charge in [0.05, 0.1) is 11.4 Å². The fraction of sp³-hybridized carbons (Fsp3) is 0.182. The van der Waals surface area contributed by atoms with Crippen LogP contribution in [0, 0.1) is 0 Å². The van der Waals surface area contributed by atoms with Crippen molar-refractivity contribution in [1.29, 1.82) is 0 Å². The van der Waals surface area contributed by atoms with Crippen molar-refractivity contribution in [3.05, 3.63) is 77.4 Å². The summed E-state index contributed by atoms with van der Waals surface area (Å²) < 4.78 is 0. The van der Waals surface area contributed by atoms with Gasteiger partial charge in [0.2, 0.25) is 0 Å². The molecule has 1 aliphatic carbocycles. The first-order chi connectivity index (χ1) is 11.8. The highest BCUT2D eigenvalue weighted by molar-refractivity contribution is 5.90. The molecule has 6 rings (SSSR count). The van der Waals surface area contributed by atoms with Crippen molar-refractivity contribution in [2.24, 2.45) is 0 Å². The Labute approximate surface area is 142 Å². The Morgan fingerprint density at radius 2 is 1.54 bits per heavy atom. The summed E-state index contributed by atoms with van der Waals surface area (Å²) in [6, 6.07) is 22.5. The van der Waals surface area contributed by atoms with Crippen molar-refractivity contribution < 1.29 is 0 Å². The van der Waals surface area contributed by atoms with Crippen LogP contribution in [-0.2, 0) is 12.8 Å². The maximum atomic E-state index is 2.53. The molecule has 3 aromatic rings. The summed E-state index contributed by atoms with van der Waals surface area (Å²) >= 11 is 0. The second-order valence-corrected chi connectivity index (χ2v) is 7.13.